The summed E-state index contributed by atoms with van der Waals surface area (Å²) in [4.78, 5) is 16.7. The van der Waals surface area contributed by atoms with Gasteiger partial charge < -0.3 is 10.4 Å². The van der Waals surface area contributed by atoms with Crippen molar-refractivity contribution in [3.8, 4) is 0 Å². The molecule has 0 spiro atoms. The van der Waals surface area contributed by atoms with Crippen LogP contribution in [0.1, 0.15) is 35.7 Å². The van der Waals surface area contributed by atoms with Gasteiger partial charge >= 0.3 is 6.18 Å². The second-order valence-electron chi connectivity index (χ2n) is 6.56. The second-order valence-corrected chi connectivity index (χ2v) is 6.56. The highest BCUT2D eigenvalue weighted by Gasteiger charge is 2.36. The van der Waals surface area contributed by atoms with E-state index >= 15 is 0 Å². The molecule has 0 saturated heterocycles. The Labute approximate surface area is 149 Å². The van der Waals surface area contributed by atoms with Crippen molar-refractivity contribution in [3.63, 3.8) is 0 Å². The van der Waals surface area contributed by atoms with Crippen LogP contribution in [0.5, 0.6) is 0 Å². The summed E-state index contributed by atoms with van der Waals surface area (Å²) in [7, 11) is 0. The minimum absolute atomic E-state index is 0.0605. The van der Waals surface area contributed by atoms with Crippen molar-refractivity contribution in [3.05, 3.63) is 65.5 Å². The van der Waals surface area contributed by atoms with Gasteiger partial charge in [0.25, 0.3) is 0 Å². The Morgan fingerprint density at radius 1 is 1.23 bits per heavy atom. The number of carbonyl (C=O) groups excluding carboxylic acids is 1. The predicted octanol–water partition coefficient (Wildman–Crippen LogP) is 3.27. The van der Waals surface area contributed by atoms with Crippen LogP contribution in [0, 0.1) is 5.92 Å². The zero-order valence-corrected chi connectivity index (χ0v) is 13.9. The van der Waals surface area contributed by atoms with E-state index in [4.69, 9.17) is 0 Å². The highest BCUT2D eigenvalue weighted by molar-refractivity contribution is 5.79. The monoisotopic (exact) mass is 364 g/mol. The fourth-order valence-corrected chi connectivity index (χ4v) is 3.16. The number of amides is 1. The van der Waals surface area contributed by atoms with E-state index in [1.54, 1.807) is 18.3 Å². The fraction of sp³-hybridized carbons (Fsp3) is 0.368. The van der Waals surface area contributed by atoms with Crippen LogP contribution in [0.15, 0.2) is 48.7 Å². The molecule has 3 rings (SSSR count). The summed E-state index contributed by atoms with van der Waals surface area (Å²) in [6.45, 7) is 0. The molecule has 1 aromatic heterocycles. The molecule has 26 heavy (non-hydrogen) atoms. The van der Waals surface area contributed by atoms with Crippen molar-refractivity contribution in [1.29, 1.82) is 0 Å². The molecule has 4 nitrogen and oxygen atoms in total. The van der Waals surface area contributed by atoms with E-state index in [9.17, 15) is 23.1 Å². The van der Waals surface area contributed by atoms with Gasteiger partial charge in [0.2, 0.25) is 5.91 Å². The quantitative estimate of drug-likeness (QED) is 0.856. The van der Waals surface area contributed by atoms with Crippen LogP contribution < -0.4 is 5.32 Å². The van der Waals surface area contributed by atoms with Gasteiger partial charge in [0, 0.05) is 6.20 Å². The number of rotatable bonds is 5. The minimum atomic E-state index is -4.44. The number of nitrogens with one attached hydrogen (secondary N) is 1. The van der Waals surface area contributed by atoms with Crippen LogP contribution in [0.25, 0.3) is 0 Å². The number of carbonyl (C=O) groups is 1. The maximum absolute atomic E-state index is 12.8. The normalized spacial score (nSPS) is 20.9. The molecule has 1 aromatic carbocycles. The summed E-state index contributed by atoms with van der Waals surface area (Å²) in [5, 5.41) is 12.4. The summed E-state index contributed by atoms with van der Waals surface area (Å²) in [5.74, 6) is -0.313. The van der Waals surface area contributed by atoms with E-state index < -0.39 is 11.7 Å². The van der Waals surface area contributed by atoms with Gasteiger partial charge in [0.1, 0.15) is 0 Å². The van der Waals surface area contributed by atoms with Gasteiger partial charge in [0.15, 0.2) is 0 Å². The topological polar surface area (TPSA) is 62.2 Å². The lowest BCUT2D eigenvalue weighted by atomic mass is 9.76. The maximum Gasteiger partial charge on any atom is 0.416 e. The Morgan fingerprint density at radius 3 is 2.62 bits per heavy atom. The molecule has 138 valence electrons. The lowest BCUT2D eigenvalue weighted by Crippen LogP contribution is -2.42. The Morgan fingerprint density at radius 2 is 2.00 bits per heavy atom. The molecule has 0 bridgehead atoms. The first-order valence-electron chi connectivity index (χ1n) is 8.37. The van der Waals surface area contributed by atoms with E-state index in [-0.39, 0.29) is 30.4 Å². The molecule has 2 aromatic rings. The number of hydrogen-bond acceptors (Lipinski definition) is 3. The largest absolute Gasteiger partial charge is 0.416 e. The molecular weight excluding hydrogens is 345 g/mol. The third-order valence-corrected chi connectivity index (χ3v) is 4.56. The fourth-order valence-electron chi connectivity index (χ4n) is 3.16. The molecule has 2 N–H and O–H groups in total. The smallest absolute Gasteiger partial charge is 0.393 e. The van der Waals surface area contributed by atoms with Crippen LogP contribution >= 0.6 is 0 Å². The third kappa shape index (κ3) is 4.40. The van der Waals surface area contributed by atoms with Crippen molar-refractivity contribution >= 4 is 5.91 Å². The number of pyridine rings is 1. The average Bonchev–Trinajstić information content (AvgIpc) is 2.57. The first kappa shape index (κ1) is 18.4. The van der Waals surface area contributed by atoms with Crippen LogP contribution in [-0.2, 0) is 17.4 Å². The summed E-state index contributed by atoms with van der Waals surface area (Å²) < 4.78 is 38.4. The number of aliphatic hydroxyl groups is 1. The second kappa shape index (κ2) is 7.45. The average molecular weight is 364 g/mol. The lowest BCUT2D eigenvalue weighted by Gasteiger charge is -2.37. The van der Waals surface area contributed by atoms with Gasteiger partial charge in [0.05, 0.1) is 29.8 Å². The summed E-state index contributed by atoms with van der Waals surface area (Å²) in [6.07, 6.45) is -2.23. The van der Waals surface area contributed by atoms with Gasteiger partial charge in [-0.25, -0.2) is 0 Å². The lowest BCUT2D eigenvalue weighted by molar-refractivity contribution is -0.137. The van der Waals surface area contributed by atoms with E-state index in [0.29, 0.717) is 24.1 Å². The van der Waals surface area contributed by atoms with Crippen molar-refractivity contribution in [2.75, 3.05) is 0 Å². The van der Waals surface area contributed by atoms with Gasteiger partial charge in [-0.3, -0.25) is 9.78 Å². The third-order valence-electron chi connectivity index (χ3n) is 4.56. The first-order chi connectivity index (χ1) is 12.3. The zero-order chi connectivity index (χ0) is 18.7. The molecule has 0 radical (unpaired) electrons. The van der Waals surface area contributed by atoms with Gasteiger partial charge in [-0.1, -0.05) is 24.3 Å². The molecular formula is C19H19F3N2O2. The molecule has 1 aliphatic rings. The Kier molecular flexibility index (Phi) is 5.27. The highest BCUT2D eigenvalue weighted by Crippen LogP contribution is 2.37. The van der Waals surface area contributed by atoms with Gasteiger partial charge in [-0.2, -0.15) is 13.2 Å². The van der Waals surface area contributed by atoms with Crippen molar-refractivity contribution in [2.45, 2.75) is 37.6 Å². The van der Waals surface area contributed by atoms with Crippen molar-refractivity contribution < 1.29 is 23.1 Å². The number of nitrogens with zero attached hydrogens (tertiary/aromatic N) is 1. The van der Waals surface area contributed by atoms with Crippen LogP contribution in [-0.4, -0.2) is 22.1 Å². The number of aromatic nitrogens is 1. The molecule has 1 atom stereocenters. The summed E-state index contributed by atoms with van der Waals surface area (Å²) >= 11 is 0. The summed E-state index contributed by atoms with van der Waals surface area (Å²) in [5.41, 5.74) is 0.207. The van der Waals surface area contributed by atoms with E-state index in [1.807, 2.05) is 6.07 Å². The predicted molar refractivity (Wildman–Crippen MR) is 89.0 cm³/mol. The van der Waals surface area contributed by atoms with Crippen LogP contribution in [0.2, 0.25) is 0 Å². The van der Waals surface area contributed by atoms with E-state index in [1.165, 1.54) is 12.1 Å². The maximum atomic E-state index is 12.8. The Bertz CT molecular complexity index is 759. The minimum Gasteiger partial charge on any atom is -0.393 e. The first-order valence-corrected chi connectivity index (χ1v) is 8.37. The number of hydrogen-bond donors (Lipinski definition) is 2. The standard InChI is InChI=1S/C19H19F3N2O2/c20-19(21,22)14-5-3-4-12(8-14)9-17(26)24-18(13-10-15(25)11-13)16-6-1-2-7-23-16/h1-8,13,15,18,25H,9-11H2,(H,24,26). The number of benzene rings is 1. The molecule has 1 heterocycles. The molecule has 1 amide bonds. The van der Waals surface area contributed by atoms with Gasteiger partial charge in [-0.15, -0.1) is 0 Å². The molecule has 1 fully saturated rings. The Hall–Kier alpha value is -2.41. The van der Waals surface area contributed by atoms with E-state index in [0.717, 1.165) is 12.1 Å². The molecule has 1 aliphatic carbocycles. The number of alkyl halides is 3. The van der Waals surface area contributed by atoms with Crippen LogP contribution in [0.4, 0.5) is 13.2 Å². The molecule has 7 heteroatoms. The van der Waals surface area contributed by atoms with Crippen molar-refractivity contribution in [1.82, 2.24) is 10.3 Å². The van der Waals surface area contributed by atoms with Gasteiger partial charge in [-0.05, 0) is 42.5 Å². The van der Waals surface area contributed by atoms with Crippen LogP contribution in [0.3, 0.4) is 0 Å². The Balaban J connectivity index is 1.70. The molecule has 1 saturated carbocycles. The number of aliphatic hydroxyl groups excluding tert-OH is 1. The van der Waals surface area contributed by atoms with E-state index in [2.05, 4.69) is 10.3 Å². The number of halogens is 3. The summed E-state index contributed by atoms with van der Waals surface area (Å²) in [6, 6.07) is 9.76. The van der Waals surface area contributed by atoms with Crippen molar-refractivity contribution in [2.24, 2.45) is 5.92 Å². The molecule has 0 aliphatic heterocycles. The zero-order valence-electron chi connectivity index (χ0n) is 13.9. The SMILES string of the molecule is O=C(Cc1cccc(C(F)(F)F)c1)NC(c1ccccn1)C1CC(O)C1. The molecule has 1 unspecified atom stereocenters. The highest BCUT2D eigenvalue weighted by atomic mass is 19.4.